The zero-order chi connectivity index (χ0) is 12.5. The quantitative estimate of drug-likeness (QED) is 0.764. The number of benzene rings is 1. The van der Waals surface area contributed by atoms with Crippen molar-refractivity contribution in [1.29, 1.82) is 0 Å². The minimum Gasteiger partial charge on any atom is -0.405 e. The van der Waals surface area contributed by atoms with E-state index < -0.39 is 17.9 Å². The van der Waals surface area contributed by atoms with Gasteiger partial charge in [0.25, 0.3) is 0 Å². The van der Waals surface area contributed by atoms with Crippen LogP contribution >= 0.6 is 27.5 Å². The Morgan fingerprint density at radius 1 is 1.44 bits per heavy atom. The summed E-state index contributed by atoms with van der Waals surface area (Å²) in [5.41, 5.74) is -0.217. The maximum absolute atomic E-state index is 12.0. The van der Waals surface area contributed by atoms with Gasteiger partial charge in [0.1, 0.15) is 5.75 Å². The molecule has 0 aliphatic rings. The van der Waals surface area contributed by atoms with Gasteiger partial charge in [-0.3, -0.25) is 4.79 Å². The third-order valence-corrected chi connectivity index (χ3v) is 2.82. The summed E-state index contributed by atoms with van der Waals surface area (Å²) in [6.07, 6.45) is -4.85. The molecule has 7 heteroatoms. The number of rotatable bonds is 2. The molecule has 0 aromatic heterocycles. The summed E-state index contributed by atoms with van der Waals surface area (Å²) in [4.78, 5) is 11.1. The van der Waals surface area contributed by atoms with Crippen LogP contribution in [0.25, 0.3) is 0 Å². The van der Waals surface area contributed by atoms with Crippen molar-refractivity contribution in [1.82, 2.24) is 0 Å². The molecule has 0 N–H and O–H groups in total. The van der Waals surface area contributed by atoms with Crippen LogP contribution in [0, 0.1) is 0 Å². The van der Waals surface area contributed by atoms with Gasteiger partial charge in [0.2, 0.25) is 0 Å². The van der Waals surface area contributed by atoms with Gasteiger partial charge >= 0.3 is 6.36 Å². The molecule has 0 bridgehead atoms. The van der Waals surface area contributed by atoms with Crippen molar-refractivity contribution in [2.45, 2.75) is 13.3 Å². The number of ether oxygens (including phenoxy) is 1. The predicted molar refractivity (Wildman–Crippen MR) is 55.8 cm³/mol. The van der Waals surface area contributed by atoms with Gasteiger partial charge < -0.3 is 4.74 Å². The van der Waals surface area contributed by atoms with E-state index in [1.54, 1.807) is 0 Å². The molecule has 0 radical (unpaired) electrons. The molecular weight excluding hydrogens is 312 g/mol. The molecule has 0 atom stereocenters. The van der Waals surface area contributed by atoms with Gasteiger partial charge in [-0.1, -0.05) is 11.6 Å². The van der Waals surface area contributed by atoms with Crippen LogP contribution in [0.4, 0.5) is 13.2 Å². The second-order valence-corrected chi connectivity index (χ2v) is 4.13. The normalized spacial score (nSPS) is 11.4. The molecule has 0 heterocycles. The standard InChI is InChI=1S/C9H5BrClF3O2/c1-4(15)5-2-7(11)6(10)3-8(5)16-9(12,13)14/h2-3H,1H3. The van der Waals surface area contributed by atoms with E-state index in [1.807, 2.05) is 0 Å². The summed E-state index contributed by atoms with van der Waals surface area (Å²) in [6.45, 7) is 1.13. The molecule has 2 nitrogen and oxygen atoms in total. The number of ketones is 1. The van der Waals surface area contributed by atoms with Crippen LogP contribution in [-0.4, -0.2) is 12.1 Å². The second kappa shape index (κ2) is 4.63. The third-order valence-electron chi connectivity index (χ3n) is 1.63. The van der Waals surface area contributed by atoms with Crippen LogP contribution < -0.4 is 4.74 Å². The maximum Gasteiger partial charge on any atom is 0.573 e. The van der Waals surface area contributed by atoms with E-state index in [0.717, 1.165) is 19.1 Å². The van der Waals surface area contributed by atoms with Crippen molar-refractivity contribution in [2.24, 2.45) is 0 Å². The Hall–Kier alpha value is -0.750. The van der Waals surface area contributed by atoms with Gasteiger partial charge in [0.05, 0.1) is 10.6 Å². The fraction of sp³-hybridized carbons (Fsp3) is 0.222. The maximum atomic E-state index is 12.0. The number of Topliss-reactive ketones (excluding diaryl/α,β-unsaturated/α-hetero) is 1. The summed E-state index contributed by atoms with van der Waals surface area (Å²) in [5.74, 6) is -1.13. The molecule has 0 fully saturated rings. The predicted octanol–water partition coefficient (Wildman–Crippen LogP) is 4.20. The Bertz CT molecular complexity index is 431. The van der Waals surface area contributed by atoms with Crippen LogP contribution in [0.1, 0.15) is 17.3 Å². The molecule has 88 valence electrons. The van der Waals surface area contributed by atoms with Crippen LogP contribution in [0.5, 0.6) is 5.75 Å². The third kappa shape index (κ3) is 3.38. The Balaban J connectivity index is 3.25. The summed E-state index contributed by atoms with van der Waals surface area (Å²) in [7, 11) is 0. The number of carbonyl (C=O) groups is 1. The van der Waals surface area contributed by atoms with E-state index in [2.05, 4.69) is 20.7 Å². The lowest BCUT2D eigenvalue weighted by Crippen LogP contribution is -2.18. The van der Waals surface area contributed by atoms with E-state index in [9.17, 15) is 18.0 Å². The number of carbonyl (C=O) groups excluding carboxylic acids is 1. The first-order valence-electron chi connectivity index (χ1n) is 3.96. The van der Waals surface area contributed by atoms with E-state index in [1.165, 1.54) is 0 Å². The molecule has 0 unspecified atom stereocenters. The molecule has 1 aromatic carbocycles. The molecule has 0 saturated carbocycles. The van der Waals surface area contributed by atoms with Crippen LogP contribution in [0.15, 0.2) is 16.6 Å². The number of hydrogen-bond acceptors (Lipinski definition) is 2. The summed E-state index contributed by atoms with van der Waals surface area (Å²) >= 11 is 8.61. The van der Waals surface area contributed by atoms with Gasteiger partial charge in [-0.25, -0.2) is 0 Å². The number of hydrogen-bond donors (Lipinski definition) is 0. The summed E-state index contributed by atoms with van der Waals surface area (Å²) in [6, 6.07) is 2.13. The largest absolute Gasteiger partial charge is 0.573 e. The Morgan fingerprint density at radius 2 is 2.00 bits per heavy atom. The van der Waals surface area contributed by atoms with Crippen LogP contribution in [-0.2, 0) is 0 Å². The lowest BCUT2D eigenvalue weighted by Gasteiger charge is -2.12. The first kappa shape index (κ1) is 13.3. The molecule has 16 heavy (non-hydrogen) atoms. The molecule has 0 spiro atoms. The first-order chi connectivity index (χ1) is 7.20. The Labute approximate surface area is 102 Å². The van der Waals surface area contributed by atoms with Crippen LogP contribution in [0.3, 0.4) is 0 Å². The van der Waals surface area contributed by atoms with Gasteiger partial charge in [0.15, 0.2) is 5.78 Å². The SMILES string of the molecule is CC(=O)c1cc(Cl)c(Br)cc1OC(F)(F)F. The smallest absolute Gasteiger partial charge is 0.405 e. The van der Waals surface area contributed by atoms with Gasteiger partial charge in [-0.2, -0.15) is 0 Å². The van der Waals surface area contributed by atoms with E-state index >= 15 is 0 Å². The highest BCUT2D eigenvalue weighted by atomic mass is 79.9. The average Bonchev–Trinajstić information content (AvgIpc) is 2.07. The van der Waals surface area contributed by atoms with Gasteiger partial charge in [-0.15, -0.1) is 13.2 Å². The van der Waals surface area contributed by atoms with E-state index in [0.29, 0.717) is 0 Å². The molecule has 0 amide bonds. The monoisotopic (exact) mass is 316 g/mol. The topological polar surface area (TPSA) is 26.3 Å². The fourth-order valence-corrected chi connectivity index (χ4v) is 1.50. The van der Waals surface area contributed by atoms with Crippen molar-refractivity contribution in [2.75, 3.05) is 0 Å². The minimum atomic E-state index is -4.85. The highest BCUT2D eigenvalue weighted by molar-refractivity contribution is 9.10. The lowest BCUT2D eigenvalue weighted by atomic mass is 10.1. The van der Waals surface area contributed by atoms with E-state index in [4.69, 9.17) is 11.6 Å². The van der Waals surface area contributed by atoms with Crippen molar-refractivity contribution in [3.05, 3.63) is 27.2 Å². The summed E-state index contributed by atoms with van der Waals surface area (Å²) in [5, 5.41) is 0.139. The molecule has 0 saturated heterocycles. The minimum absolute atomic E-state index is 0.139. The second-order valence-electron chi connectivity index (χ2n) is 2.87. The highest BCUT2D eigenvalue weighted by Gasteiger charge is 2.33. The van der Waals surface area contributed by atoms with Crippen molar-refractivity contribution in [3.63, 3.8) is 0 Å². The molecule has 1 aromatic rings. The van der Waals surface area contributed by atoms with Crippen LogP contribution in [0.2, 0.25) is 5.02 Å². The van der Waals surface area contributed by atoms with Gasteiger partial charge in [0, 0.05) is 4.47 Å². The lowest BCUT2D eigenvalue weighted by molar-refractivity contribution is -0.274. The van der Waals surface area contributed by atoms with Crippen molar-refractivity contribution in [3.8, 4) is 5.75 Å². The molecular formula is C9H5BrClF3O2. The number of halogens is 5. The Morgan fingerprint density at radius 3 is 2.44 bits per heavy atom. The van der Waals surface area contributed by atoms with Gasteiger partial charge in [-0.05, 0) is 35.0 Å². The fourth-order valence-electron chi connectivity index (χ4n) is 1.01. The average molecular weight is 317 g/mol. The van der Waals surface area contributed by atoms with E-state index in [-0.39, 0.29) is 15.1 Å². The molecule has 1 rings (SSSR count). The zero-order valence-corrected chi connectivity index (χ0v) is 10.2. The Kier molecular flexibility index (Phi) is 3.85. The number of alkyl halides is 3. The molecule has 0 aliphatic heterocycles. The first-order valence-corrected chi connectivity index (χ1v) is 5.13. The summed E-state index contributed by atoms with van der Waals surface area (Å²) < 4.78 is 40.0. The zero-order valence-electron chi connectivity index (χ0n) is 7.86. The molecule has 0 aliphatic carbocycles. The van der Waals surface area contributed by atoms with Crippen molar-refractivity contribution < 1.29 is 22.7 Å². The van der Waals surface area contributed by atoms with Crippen molar-refractivity contribution >= 4 is 33.3 Å². The highest BCUT2D eigenvalue weighted by Crippen LogP contribution is 2.34.